The molecule has 0 radical (unpaired) electrons. The average Bonchev–Trinajstić information content (AvgIpc) is 3.13. The van der Waals surface area contributed by atoms with E-state index in [1.54, 1.807) is 12.1 Å². The van der Waals surface area contributed by atoms with Crippen molar-refractivity contribution in [3.05, 3.63) is 174 Å². The van der Waals surface area contributed by atoms with E-state index in [0.29, 0.717) is 18.1 Å². The lowest BCUT2D eigenvalue weighted by molar-refractivity contribution is 0.0693. The number of hydrogen-bond acceptors (Lipinski definition) is 6. The molecule has 7 aromatic rings. The van der Waals surface area contributed by atoms with Gasteiger partial charge in [-0.3, -0.25) is 0 Å². The Bertz CT molecular complexity index is 2090. The van der Waals surface area contributed by atoms with Gasteiger partial charge >= 0.3 is 5.97 Å². The summed E-state index contributed by atoms with van der Waals surface area (Å²) in [6.45, 7) is 2.80. The lowest BCUT2D eigenvalue weighted by Crippen LogP contribution is -2.20. The fourth-order valence-electron chi connectivity index (χ4n) is 5.67. The molecule has 0 saturated carbocycles. The fourth-order valence-corrected chi connectivity index (χ4v) is 7.03. The molecule has 5 aromatic carbocycles. The van der Waals surface area contributed by atoms with Crippen molar-refractivity contribution in [2.75, 3.05) is 0 Å². The van der Waals surface area contributed by atoms with E-state index in [-0.39, 0.29) is 5.56 Å². The first-order valence-electron chi connectivity index (χ1n) is 15.6. The van der Waals surface area contributed by atoms with E-state index in [9.17, 15) is 9.90 Å². The van der Waals surface area contributed by atoms with Gasteiger partial charge in [-0.25, -0.2) is 14.8 Å². The average molecular weight is 649 g/mol. The van der Waals surface area contributed by atoms with Crippen LogP contribution in [0, 0.1) is 0 Å². The second-order valence-electron chi connectivity index (χ2n) is 11.6. The number of ether oxygens (including phenoxy) is 2. The summed E-state index contributed by atoms with van der Waals surface area (Å²) in [5.41, 5.74) is 5.83. The molecule has 7 rings (SSSR count). The highest BCUT2D eigenvalue weighted by Gasteiger charge is 2.32. The van der Waals surface area contributed by atoms with Gasteiger partial charge in [0.2, 0.25) is 0 Å². The molecule has 0 aliphatic rings. The van der Waals surface area contributed by atoms with Gasteiger partial charge in [0.15, 0.2) is 0 Å². The Balaban J connectivity index is 1.13. The zero-order chi connectivity index (χ0) is 32.9. The molecule has 0 saturated heterocycles. The van der Waals surface area contributed by atoms with Crippen LogP contribution >= 0.6 is 11.8 Å². The van der Waals surface area contributed by atoms with Crippen LogP contribution in [0.3, 0.4) is 0 Å². The van der Waals surface area contributed by atoms with E-state index >= 15 is 0 Å². The summed E-state index contributed by atoms with van der Waals surface area (Å²) >= 11 is 1.50. The van der Waals surface area contributed by atoms with E-state index in [4.69, 9.17) is 19.4 Å². The summed E-state index contributed by atoms with van der Waals surface area (Å²) in [6.07, 6.45) is 0. The minimum atomic E-state index is -0.961. The third kappa shape index (κ3) is 6.73. The molecule has 0 aliphatic heterocycles. The predicted octanol–water partition coefficient (Wildman–Crippen LogP) is 9.69. The number of hydrogen-bond donors (Lipinski definition) is 1. The normalized spacial score (nSPS) is 11.4. The van der Waals surface area contributed by atoms with Crippen LogP contribution in [0.5, 0.6) is 11.5 Å². The molecule has 1 N–H and O–H groups in total. The molecule has 7 heteroatoms. The molecule has 48 heavy (non-hydrogen) atoms. The minimum absolute atomic E-state index is 0.263. The van der Waals surface area contributed by atoms with Crippen LogP contribution in [0.1, 0.15) is 39.8 Å². The van der Waals surface area contributed by atoms with E-state index in [2.05, 4.69) is 19.1 Å². The van der Waals surface area contributed by atoms with Crippen LogP contribution in [0.25, 0.3) is 21.8 Å². The number of carboxylic acid groups (broad SMARTS) is 1. The molecule has 0 aliphatic carbocycles. The van der Waals surface area contributed by atoms with Crippen LogP contribution in [0.4, 0.5) is 0 Å². The molecule has 0 bridgehead atoms. The third-order valence-corrected chi connectivity index (χ3v) is 9.78. The minimum Gasteiger partial charge on any atom is -0.487 e. The van der Waals surface area contributed by atoms with Crippen molar-refractivity contribution >= 4 is 39.5 Å². The molecular formula is C41H32N2O4S. The number of benzene rings is 5. The molecule has 2 heterocycles. The first-order valence-corrected chi connectivity index (χ1v) is 16.4. The molecule has 0 unspecified atom stereocenters. The highest BCUT2D eigenvalue weighted by atomic mass is 32.2. The van der Waals surface area contributed by atoms with Gasteiger partial charge in [-0.2, -0.15) is 0 Å². The lowest BCUT2D eigenvalue weighted by Gasteiger charge is -2.31. The number of aromatic carboxylic acids is 1. The van der Waals surface area contributed by atoms with Crippen molar-refractivity contribution in [1.29, 1.82) is 0 Å². The van der Waals surface area contributed by atoms with Gasteiger partial charge in [0.05, 0.1) is 32.7 Å². The smallest absolute Gasteiger partial charge is 0.336 e. The summed E-state index contributed by atoms with van der Waals surface area (Å²) < 4.78 is 11.6. The van der Waals surface area contributed by atoms with Crippen molar-refractivity contribution < 1.29 is 19.4 Å². The Morgan fingerprint density at radius 2 is 1.06 bits per heavy atom. The van der Waals surface area contributed by atoms with Crippen LogP contribution in [-0.2, 0) is 18.0 Å². The number of pyridine rings is 2. The number of carbonyl (C=O) groups is 1. The highest BCUT2D eigenvalue weighted by Crippen LogP contribution is 2.48. The van der Waals surface area contributed by atoms with E-state index in [1.807, 2.05) is 121 Å². The number of rotatable bonds is 11. The topological polar surface area (TPSA) is 81.5 Å². The molecular weight excluding hydrogens is 617 g/mol. The SMILES string of the molecule is CC(Sc1ccccc1C(=O)O)(c1ccc(OCc2ccc3ccccc3n2)cc1)c1ccc(OCc2ccc3ccccc3n2)cc1. The lowest BCUT2D eigenvalue weighted by atomic mass is 9.92. The van der Waals surface area contributed by atoms with Crippen LogP contribution < -0.4 is 9.47 Å². The summed E-state index contributed by atoms with van der Waals surface area (Å²) in [6, 6.07) is 47.2. The zero-order valence-electron chi connectivity index (χ0n) is 26.2. The van der Waals surface area contributed by atoms with E-state index in [0.717, 1.165) is 55.8 Å². The summed E-state index contributed by atoms with van der Waals surface area (Å²) in [7, 11) is 0. The monoisotopic (exact) mass is 648 g/mol. The van der Waals surface area contributed by atoms with Gasteiger partial charge < -0.3 is 14.6 Å². The van der Waals surface area contributed by atoms with Gasteiger partial charge in [0, 0.05) is 15.7 Å². The van der Waals surface area contributed by atoms with Crippen molar-refractivity contribution in [2.45, 2.75) is 29.8 Å². The quantitative estimate of drug-likeness (QED) is 0.140. The summed E-state index contributed by atoms with van der Waals surface area (Å²) in [5.74, 6) is 0.480. The fraction of sp³-hybridized carbons (Fsp3) is 0.0976. The molecule has 0 amide bonds. The van der Waals surface area contributed by atoms with Crippen molar-refractivity contribution in [1.82, 2.24) is 9.97 Å². The van der Waals surface area contributed by atoms with Crippen LogP contribution in [-0.4, -0.2) is 21.0 Å². The third-order valence-electron chi connectivity index (χ3n) is 8.33. The number of nitrogens with zero attached hydrogens (tertiary/aromatic N) is 2. The molecule has 2 aromatic heterocycles. The molecule has 0 spiro atoms. The Morgan fingerprint density at radius 1 is 0.604 bits per heavy atom. The highest BCUT2D eigenvalue weighted by molar-refractivity contribution is 8.00. The molecule has 0 atom stereocenters. The van der Waals surface area contributed by atoms with Gasteiger partial charge in [0.1, 0.15) is 24.7 Å². The van der Waals surface area contributed by atoms with Gasteiger partial charge in [-0.1, -0.05) is 84.9 Å². The van der Waals surface area contributed by atoms with Gasteiger partial charge in [0.25, 0.3) is 0 Å². The second kappa shape index (κ2) is 13.6. The van der Waals surface area contributed by atoms with Crippen molar-refractivity contribution in [3.8, 4) is 11.5 Å². The maximum atomic E-state index is 12.1. The number of thioether (sulfide) groups is 1. The van der Waals surface area contributed by atoms with E-state index in [1.165, 1.54) is 11.8 Å². The Kier molecular flexibility index (Phi) is 8.77. The summed E-state index contributed by atoms with van der Waals surface area (Å²) in [5, 5.41) is 12.1. The van der Waals surface area contributed by atoms with E-state index < -0.39 is 10.7 Å². The Hall–Kier alpha value is -5.66. The first-order chi connectivity index (χ1) is 23.4. The Labute approximate surface area is 283 Å². The maximum absolute atomic E-state index is 12.1. The maximum Gasteiger partial charge on any atom is 0.336 e. The van der Waals surface area contributed by atoms with Gasteiger partial charge in [-0.05, 0) is 78.7 Å². The number of para-hydroxylation sites is 2. The number of aromatic nitrogens is 2. The standard InChI is InChI=1S/C41H32N2O4S/c1-41(48-39-13-7-4-10-36(39)40(44)45,30-16-22-34(23-17-30)46-26-32-20-14-28-8-2-5-11-37(28)42-32)31-18-24-35(25-19-31)47-27-33-21-15-29-9-3-6-12-38(29)43-33/h2-25H,26-27H2,1H3,(H,44,45). The van der Waals surface area contributed by atoms with Crippen LogP contribution in [0.15, 0.2) is 150 Å². The van der Waals surface area contributed by atoms with Crippen molar-refractivity contribution in [3.63, 3.8) is 0 Å². The predicted molar refractivity (Wildman–Crippen MR) is 191 cm³/mol. The van der Waals surface area contributed by atoms with Crippen molar-refractivity contribution in [2.24, 2.45) is 0 Å². The molecule has 6 nitrogen and oxygen atoms in total. The number of fused-ring (bicyclic) bond motifs is 2. The summed E-state index contributed by atoms with van der Waals surface area (Å²) in [4.78, 5) is 22.2. The zero-order valence-corrected chi connectivity index (χ0v) is 27.1. The van der Waals surface area contributed by atoms with Gasteiger partial charge in [-0.15, -0.1) is 11.8 Å². The molecule has 0 fully saturated rings. The van der Waals surface area contributed by atoms with Crippen LogP contribution in [0.2, 0.25) is 0 Å². The first kappa shape index (κ1) is 31.0. The molecule has 236 valence electrons. The second-order valence-corrected chi connectivity index (χ2v) is 13.0. The Morgan fingerprint density at radius 3 is 1.56 bits per heavy atom. The number of carboxylic acids is 1. The largest absolute Gasteiger partial charge is 0.487 e.